The summed E-state index contributed by atoms with van der Waals surface area (Å²) in [6.45, 7) is 2.15. The number of likely N-dealkylation sites (tertiary alicyclic amines) is 1. The Balaban J connectivity index is 1.96. The first kappa shape index (κ1) is 14.6. The van der Waals surface area contributed by atoms with Gasteiger partial charge in [0, 0.05) is 18.0 Å². The molecule has 0 atom stereocenters. The predicted octanol–water partition coefficient (Wildman–Crippen LogP) is 1.79. The Bertz CT molecular complexity index is 485. The van der Waals surface area contributed by atoms with E-state index in [1.165, 1.54) is 7.11 Å². The van der Waals surface area contributed by atoms with E-state index >= 15 is 0 Å². The highest BCUT2D eigenvalue weighted by Crippen LogP contribution is 2.24. The van der Waals surface area contributed by atoms with Gasteiger partial charge in [0.2, 0.25) is 0 Å². The van der Waals surface area contributed by atoms with Gasteiger partial charge in [-0.1, -0.05) is 17.3 Å². The van der Waals surface area contributed by atoms with Crippen molar-refractivity contribution >= 4 is 5.84 Å². The van der Waals surface area contributed by atoms with Gasteiger partial charge in [-0.25, -0.2) is 4.39 Å². The van der Waals surface area contributed by atoms with Crippen molar-refractivity contribution in [2.45, 2.75) is 19.4 Å². The van der Waals surface area contributed by atoms with Gasteiger partial charge in [-0.05, 0) is 32.0 Å². The van der Waals surface area contributed by atoms with Crippen molar-refractivity contribution in [1.29, 1.82) is 0 Å². The zero-order valence-corrected chi connectivity index (χ0v) is 11.6. The van der Waals surface area contributed by atoms with Crippen LogP contribution in [0.15, 0.2) is 23.4 Å². The summed E-state index contributed by atoms with van der Waals surface area (Å²) in [5, 5.41) is 11.7. The van der Waals surface area contributed by atoms with Crippen LogP contribution in [-0.4, -0.2) is 36.1 Å². The lowest BCUT2D eigenvalue weighted by molar-refractivity contribution is 0.196. The van der Waals surface area contributed by atoms with Gasteiger partial charge in [-0.3, -0.25) is 4.90 Å². The molecule has 0 saturated carbocycles. The number of rotatable bonds is 4. The highest BCUT2D eigenvalue weighted by Gasteiger charge is 2.23. The molecule has 1 fully saturated rings. The molecule has 1 aromatic carbocycles. The molecule has 2 rings (SSSR count). The molecule has 5 nitrogen and oxygen atoms in total. The van der Waals surface area contributed by atoms with Gasteiger partial charge in [0.25, 0.3) is 0 Å². The molecule has 20 heavy (non-hydrogen) atoms. The number of nitrogens with zero attached hydrogens (tertiary/aromatic N) is 2. The van der Waals surface area contributed by atoms with E-state index in [9.17, 15) is 4.39 Å². The molecular weight excluding hydrogens is 261 g/mol. The summed E-state index contributed by atoms with van der Waals surface area (Å²) < 4.78 is 19.0. The summed E-state index contributed by atoms with van der Waals surface area (Å²) in [5.74, 6) is 0.381. The first-order valence-corrected chi connectivity index (χ1v) is 6.67. The highest BCUT2D eigenvalue weighted by molar-refractivity contribution is 5.82. The molecular formula is C14H20FN3O2. The third kappa shape index (κ3) is 3.19. The van der Waals surface area contributed by atoms with E-state index < -0.39 is 0 Å². The minimum Gasteiger partial charge on any atom is -0.494 e. The molecule has 0 spiro atoms. The normalized spacial score (nSPS) is 18.2. The fourth-order valence-corrected chi connectivity index (χ4v) is 2.55. The topological polar surface area (TPSA) is 71.1 Å². The van der Waals surface area contributed by atoms with E-state index in [1.807, 2.05) is 0 Å². The Morgan fingerprint density at radius 1 is 1.50 bits per heavy atom. The van der Waals surface area contributed by atoms with Gasteiger partial charge in [0.15, 0.2) is 11.6 Å². The molecule has 3 N–H and O–H groups in total. The van der Waals surface area contributed by atoms with Crippen LogP contribution in [0.3, 0.4) is 0 Å². The van der Waals surface area contributed by atoms with Gasteiger partial charge < -0.3 is 15.7 Å². The lowest BCUT2D eigenvalue weighted by Gasteiger charge is -2.31. The number of oxime groups is 1. The van der Waals surface area contributed by atoms with Crippen molar-refractivity contribution in [1.82, 2.24) is 4.90 Å². The average Bonchev–Trinajstić information content (AvgIpc) is 2.49. The molecule has 1 aliphatic heterocycles. The molecule has 1 aromatic rings. The Kier molecular flexibility index (Phi) is 4.79. The maximum Gasteiger partial charge on any atom is 0.169 e. The number of hydrogen-bond donors (Lipinski definition) is 2. The van der Waals surface area contributed by atoms with Gasteiger partial charge in [-0.15, -0.1) is 0 Å². The standard InChI is InChI=1S/C14H20FN3O2/c1-20-12-4-2-3-11(13(12)15)9-18-7-5-10(6-8-18)14(16)17-19/h2-4,10,19H,5-9H2,1H3,(H2,16,17). The molecule has 0 bridgehead atoms. The fourth-order valence-electron chi connectivity index (χ4n) is 2.55. The summed E-state index contributed by atoms with van der Waals surface area (Å²) in [6, 6.07) is 5.18. The Labute approximate surface area is 117 Å². The molecule has 0 aliphatic carbocycles. The van der Waals surface area contributed by atoms with E-state index in [-0.39, 0.29) is 23.3 Å². The van der Waals surface area contributed by atoms with E-state index in [2.05, 4.69) is 10.1 Å². The lowest BCUT2D eigenvalue weighted by Crippen LogP contribution is -2.38. The van der Waals surface area contributed by atoms with Crippen LogP contribution in [-0.2, 0) is 6.54 Å². The quantitative estimate of drug-likeness (QED) is 0.382. The second-order valence-electron chi connectivity index (χ2n) is 5.01. The van der Waals surface area contributed by atoms with Crippen LogP contribution in [0.2, 0.25) is 0 Å². The minimum absolute atomic E-state index is 0.117. The van der Waals surface area contributed by atoms with Crippen LogP contribution in [0.4, 0.5) is 4.39 Å². The molecule has 1 heterocycles. The van der Waals surface area contributed by atoms with Crippen LogP contribution in [0.1, 0.15) is 18.4 Å². The smallest absolute Gasteiger partial charge is 0.169 e. The van der Waals surface area contributed by atoms with Crippen molar-refractivity contribution in [3.8, 4) is 5.75 Å². The number of amidine groups is 1. The van der Waals surface area contributed by atoms with E-state index in [0.717, 1.165) is 25.9 Å². The zero-order valence-electron chi connectivity index (χ0n) is 11.6. The molecule has 0 aromatic heterocycles. The van der Waals surface area contributed by atoms with E-state index in [1.54, 1.807) is 18.2 Å². The number of methoxy groups -OCH3 is 1. The zero-order chi connectivity index (χ0) is 14.5. The van der Waals surface area contributed by atoms with Crippen molar-refractivity contribution in [3.63, 3.8) is 0 Å². The minimum atomic E-state index is -0.298. The summed E-state index contributed by atoms with van der Waals surface area (Å²) in [7, 11) is 1.46. The number of ether oxygens (including phenoxy) is 1. The van der Waals surface area contributed by atoms with Crippen molar-refractivity contribution < 1.29 is 14.3 Å². The monoisotopic (exact) mass is 281 g/mol. The molecule has 0 amide bonds. The number of nitrogens with two attached hydrogens (primary N) is 1. The molecule has 0 unspecified atom stereocenters. The third-order valence-electron chi connectivity index (χ3n) is 3.78. The first-order chi connectivity index (χ1) is 9.65. The van der Waals surface area contributed by atoms with Crippen molar-refractivity contribution in [2.75, 3.05) is 20.2 Å². The number of halogens is 1. The fraction of sp³-hybridized carbons (Fsp3) is 0.500. The molecule has 1 aliphatic rings. The summed E-state index contributed by atoms with van der Waals surface area (Å²) in [5.41, 5.74) is 6.24. The Morgan fingerprint density at radius 3 is 2.80 bits per heavy atom. The predicted molar refractivity (Wildman–Crippen MR) is 74.4 cm³/mol. The Morgan fingerprint density at radius 2 is 2.20 bits per heavy atom. The van der Waals surface area contributed by atoms with Crippen LogP contribution in [0, 0.1) is 11.7 Å². The largest absolute Gasteiger partial charge is 0.494 e. The van der Waals surface area contributed by atoms with Crippen LogP contribution in [0.5, 0.6) is 5.75 Å². The summed E-state index contributed by atoms with van der Waals surface area (Å²) in [6.07, 6.45) is 1.64. The van der Waals surface area contributed by atoms with Crippen LogP contribution >= 0.6 is 0 Å². The summed E-state index contributed by atoms with van der Waals surface area (Å²) >= 11 is 0. The van der Waals surface area contributed by atoms with Crippen LogP contribution < -0.4 is 10.5 Å². The number of benzene rings is 1. The SMILES string of the molecule is COc1cccc(CN2CCC(/C(N)=N/O)CC2)c1F. The van der Waals surface area contributed by atoms with Crippen molar-refractivity contribution in [3.05, 3.63) is 29.6 Å². The second kappa shape index (κ2) is 6.56. The van der Waals surface area contributed by atoms with Gasteiger partial charge in [0.1, 0.15) is 5.84 Å². The van der Waals surface area contributed by atoms with E-state index in [0.29, 0.717) is 12.1 Å². The third-order valence-corrected chi connectivity index (χ3v) is 3.78. The number of piperidine rings is 1. The molecule has 110 valence electrons. The average molecular weight is 281 g/mol. The number of hydrogen-bond acceptors (Lipinski definition) is 4. The molecule has 0 radical (unpaired) electrons. The van der Waals surface area contributed by atoms with Gasteiger partial charge >= 0.3 is 0 Å². The van der Waals surface area contributed by atoms with Crippen LogP contribution in [0.25, 0.3) is 0 Å². The second-order valence-corrected chi connectivity index (χ2v) is 5.01. The Hall–Kier alpha value is -1.82. The molecule has 6 heteroatoms. The maximum atomic E-state index is 14.1. The van der Waals surface area contributed by atoms with E-state index in [4.69, 9.17) is 15.7 Å². The van der Waals surface area contributed by atoms with Gasteiger partial charge in [0.05, 0.1) is 7.11 Å². The van der Waals surface area contributed by atoms with Crippen molar-refractivity contribution in [2.24, 2.45) is 16.8 Å². The first-order valence-electron chi connectivity index (χ1n) is 6.67. The van der Waals surface area contributed by atoms with Gasteiger partial charge in [-0.2, -0.15) is 0 Å². The maximum absolute atomic E-state index is 14.1. The highest BCUT2D eigenvalue weighted by atomic mass is 19.1. The summed E-state index contributed by atoms with van der Waals surface area (Å²) in [4.78, 5) is 2.17. The lowest BCUT2D eigenvalue weighted by atomic mass is 9.95. The molecule has 1 saturated heterocycles.